The maximum absolute atomic E-state index is 13.9. The molecule has 278 valence electrons. The topological polar surface area (TPSA) is 265 Å². The van der Waals surface area contributed by atoms with Crippen molar-refractivity contribution in [1.82, 2.24) is 21.3 Å². The molecule has 6 atom stereocenters. The zero-order valence-corrected chi connectivity index (χ0v) is 29.0. The molecule has 0 saturated heterocycles. The van der Waals surface area contributed by atoms with E-state index in [0.717, 1.165) is 0 Å². The Morgan fingerprint density at radius 1 is 1.10 bits per heavy atom. The molecule has 0 fully saturated rings. The van der Waals surface area contributed by atoms with Crippen LogP contribution in [0.3, 0.4) is 0 Å². The van der Waals surface area contributed by atoms with Crippen LogP contribution in [0.4, 0.5) is 5.69 Å². The molecule has 52 heavy (non-hydrogen) atoms. The van der Waals surface area contributed by atoms with Crippen molar-refractivity contribution in [3.63, 3.8) is 0 Å². The molecule has 0 radical (unpaired) electrons. The van der Waals surface area contributed by atoms with Gasteiger partial charge in [0.1, 0.15) is 30.0 Å². The molecule has 17 nitrogen and oxygen atoms in total. The molecule has 2 aliphatic rings. The van der Waals surface area contributed by atoms with E-state index in [2.05, 4.69) is 26.6 Å². The molecule has 6 amide bonds. The van der Waals surface area contributed by atoms with Crippen LogP contribution in [0.5, 0.6) is 5.75 Å². The number of amides is 6. The Balaban J connectivity index is 1.97. The maximum atomic E-state index is 13.9. The molecule has 2 heterocycles. The van der Waals surface area contributed by atoms with E-state index in [1.54, 1.807) is 39.0 Å². The lowest BCUT2D eigenvalue weighted by Gasteiger charge is -2.33. The highest BCUT2D eigenvalue weighted by Crippen LogP contribution is 2.46. The standard InChI is InChI=1S/C35H42N6O11/c1-5-12-37-32(47)27-29(44)35(50)21-9-7-8-19(26(21)41-34(35)49)20-13-18(10-11-24(20)52-16-51-4)14-22(39-33(48)28(43)17(3)6-2)30(45)38-23(15-25(36)42)31(46)40-27/h5,7-13,17,22-23,27,29,44,50H,6,14-16H2,1-4H3,(H2,36,42)(H,37,47)(H,38,45)(H,39,48)(H,40,46)(H,41,49)/b12-5-/t17-,22-,23-,27-,29+,35-/m0/s1. The molecule has 6 bridgehead atoms. The number of ether oxygens (including phenoxy) is 2. The van der Waals surface area contributed by atoms with E-state index in [0.29, 0.717) is 17.5 Å². The number of allylic oxidation sites excluding steroid dienone is 1. The fraction of sp³-hybridized carbons (Fsp3) is 0.400. The van der Waals surface area contributed by atoms with Gasteiger partial charge >= 0.3 is 0 Å². The normalized spacial score (nSPS) is 23.5. The second kappa shape index (κ2) is 16.6. The van der Waals surface area contributed by atoms with E-state index >= 15 is 0 Å². The lowest BCUT2D eigenvalue weighted by Crippen LogP contribution is -2.64. The lowest BCUT2D eigenvalue weighted by molar-refractivity contribution is -0.155. The Labute approximate surface area is 298 Å². The minimum absolute atomic E-state index is 0.0350. The molecule has 0 aliphatic carbocycles. The summed E-state index contributed by atoms with van der Waals surface area (Å²) >= 11 is 0. The average Bonchev–Trinajstić information content (AvgIpc) is 3.39. The molecule has 17 heteroatoms. The lowest BCUT2D eigenvalue weighted by atomic mass is 9.83. The summed E-state index contributed by atoms with van der Waals surface area (Å²) in [5.41, 5.74) is 3.47. The van der Waals surface area contributed by atoms with Crippen molar-refractivity contribution >= 4 is 46.9 Å². The fourth-order valence-corrected chi connectivity index (χ4v) is 5.82. The van der Waals surface area contributed by atoms with Gasteiger partial charge in [0.05, 0.1) is 12.1 Å². The zero-order valence-electron chi connectivity index (χ0n) is 29.0. The number of ketones is 1. The number of methoxy groups -OCH3 is 1. The molecule has 2 aliphatic heterocycles. The predicted octanol–water partition coefficient (Wildman–Crippen LogP) is -1.01. The average molecular weight is 723 g/mol. The molecule has 4 rings (SSSR count). The quantitative estimate of drug-likeness (QED) is 0.103. The smallest absolute Gasteiger partial charge is 0.288 e. The van der Waals surface area contributed by atoms with E-state index in [4.69, 9.17) is 15.2 Å². The minimum Gasteiger partial charge on any atom is -0.467 e. The Morgan fingerprint density at radius 2 is 1.83 bits per heavy atom. The van der Waals surface area contributed by atoms with Crippen molar-refractivity contribution in [1.29, 1.82) is 0 Å². The van der Waals surface area contributed by atoms with Gasteiger partial charge in [-0.1, -0.05) is 44.2 Å². The summed E-state index contributed by atoms with van der Waals surface area (Å²) in [5, 5.41) is 35.6. The van der Waals surface area contributed by atoms with Crippen molar-refractivity contribution < 1.29 is 53.2 Å². The highest BCUT2D eigenvalue weighted by molar-refractivity contribution is 6.37. The number of carbonyl (C=O) groups is 7. The van der Waals surface area contributed by atoms with Crippen LogP contribution < -0.4 is 37.1 Å². The molecule has 0 spiro atoms. The van der Waals surface area contributed by atoms with Gasteiger partial charge in [-0.3, -0.25) is 33.6 Å². The van der Waals surface area contributed by atoms with E-state index in [-0.39, 0.29) is 35.8 Å². The number of aliphatic hydroxyl groups excluding tert-OH is 1. The summed E-state index contributed by atoms with van der Waals surface area (Å²) in [6.07, 6.45) is -0.477. The van der Waals surface area contributed by atoms with Crippen molar-refractivity contribution in [2.45, 2.75) is 69.9 Å². The number of rotatable bonds is 11. The molecular weight excluding hydrogens is 680 g/mol. The Bertz CT molecular complexity index is 1800. The Hall–Kier alpha value is -5.65. The van der Waals surface area contributed by atoms with Crippen LogP contribution in [-0.4, -0.2) is 89.6 Å². The van der Waals surface area contributed by atoms with Gasteiger partial charge in [-0.15, -0.1) is 0 Å². The summed E-state index contributed by atoms with van der Waals surface area (Å²) < 4.78 is 10.9. The molecule has 0 saturated carbocycles. The third kappa shape index (κ3) is 8.11. The Morgan fingerprint density at radius 3 is 2.48 bits per heavy atom. The van der Waals surface area contributed by atoms with Crippen LogP contribution >= 0.6 is 0 Å². The number of hydrogen-bond acceptors (Lipinski definition) is 11. The molecule has 2 aromatic carbocycles. The highest BCUT2D eigenvalue weighted by atomic mass is 16.7. The predicted molar refractivity (Wildman–Crippen MR) is 184 cm³/mol. The van der Waals surface area contributed by atoms with Crippen LogP contribution in [0, 0.1) is 5.92 Å². The molecule has 0 aromatic heterocycles. The number of nitrogens with one attached hydrogen (secondary N) is 5. The van der Waals surface area contributed by atoms with Gasteiger partial charge in [0.2, 0.25) is 29.4 Å². The van der Waals surface area contributed by atoms with Crippen LogP contribution in [0.1, 0.15) is 44.7 Å². The van der Waals surface area contributed by atoms with Gasteiger partial charge < -0.3 is 52.0 Å². The fourth-order valence-electron chi connectivity index (χ4n) is 5.82. The first-order valence-electron chi connectivity index (χ1n) is 16.4. The van der Waals surface area contributed by atoms with Crippen molar-refractivity contribution in [3.05, 3.63) is 59.8 Å². The first kappa shape index (κ1) is 39.1. The van der Waals surface area contributed by atoms with Crippen LogP contribution in [0.2, 0.25) is 0 Å². The van der Waals surface area contributed by atoms with Crippen molar-refractivity contribution in [2.24, 2.45) is 11.7 Å². The first-order chi connectivity index (χ1) is 24.7. The number of primary amides is 1. The number of para-hydroxylation sites is 1. The van der Waals surface area contributed by atoms with Crippen LogP contribution in [-0.2, 0) is 50.3 Å². The van der Waals surface area contributed by atoms with E-state index in [1.807, 2.05) is 0 Å². The van der Waals surface area contributed by atoms with Crippen LogP contribution in [0.25, 0.3) is 11.1 Å². The number of aliphatic hydroxyl groups is 2. The van der Waals surface area contributed by atoms with Gasteiger partial charge in [0.15, 0.2) is 12.4 Å². The number of carbonyl (C=O) groups excluding carboxylic acids is 7. The summed E-state index contributed by atoms with van der Waals surface area (Å²) in [4.78, 5) is 92.6. The molecule has 0 unspecified atom stereocenters. The summed E-state index contributed by atoms with van der Waals surface area (Å²) in [5.74, 6) is -7.75. The SMILES string of the molecule is C/C=C\NC(=O)[C@H]1NC(=O)[C@H](CC(N)=O)NC(=O)[C@@H](NC(=O)C(=O)[C@@H](C)CC)Cc2ccc(OCOC)c(c2)-c2cccc3c2NC(=O)[C@@]3(O)[C@@H]1O. The molecule has 9 N–H and O–H groups in total. The van der Waals surface area contributed by atoms with Gasteiger partial charge in [-0.25, -0.2) is 0 Å². The second-order valence-corrected chi connectivity index (χ2v) is 12.4. The van der Waals surface area contributed by atoms with Crippen molar-refractivity contribution in [2.75, 3.05) is 19.2 Å². The molecule has 2 aromatic rings. The number of nitrogens with two attached hydrogens (primary N) is 1. The van der Waals surface area contributed by atoms with Gasteiger partial charge in [-0.2, -0.15) is 0 Å². The largest absolute Gasteiger partial charge is 0.467 e. The molecular formula is C35H42N6O11. The minimum atomic E-state index is -2.82. The monoisotopic (exact) mass is 722 g/mol. The second-order valence-electron chi connectivity index (χ2n) is 12.4. The summed E-state index contributed by atoms with van der Waals surface area (Å²) in [6, 6.07) is 3.75. The third-order valence-corrected chi connectivity index (χ3v) is 8.83. The highest BCUT2D eigenvalue weighted by Gasteiger charge is 2.56. The number of hydrogen-bond donors (Lipinski definition) is 8. The number of fused-ring (bicyclic) bond motifs is 3. The summed E-state index contributed by atoms with van der Waals surface area (Å²) in [6.45, 7) is 4.63. The van der Waals surface area contributed by atoms with E-state index in [9.17, 15) is 43.8 Å². The van der Waals surface area contributed by atoms with Gasteiger partial charge in [0, 0.05) is 36.1 Å². The van der Waals surface area contributed by atoms with E-state index < -0.39 is 83.4 Å². The van der Waals surface area contributed by atoms with Gasteiger partial charge in [0.25, 0.3) is 11.8 Å². The third-order valence-electron chi connectivity index (χ3n) is 8.83. The van der Waals surface area contributed by atoms with Crippen molar-refractivity contribution in [3.8, 4) is 16.9 Å². The Kier molecular flexibility index (Phi) is 12.5. The maximum Gasteiger partial charge on any atom is 0.288 e. The first-order valence-corrected chi connectivity index (χ1v) is 16.4. The zero-order chi connectivity index (χ0) is 38.3. The number of Topliss-reactive ketones (excluding diaryl/α,β-unsaturated/α-hetero) is 1. The van der Waals surface area contributed by atoms with Gasteiger partial charge in [-0.05, 0) is 37.2 Å². The van der Waals surface area contributed by atoms with E-state index in [1.165, 1.54) is 37.6 Å². The number of benzene rings is 2. The summed E-state index contributed by atoms with van der Waals surface area (Å²) in [7, 11) is 1.40. The van der Waals surface area contributed by atoms with Crippen LogP contribution in [0.15, 0.2) is 48.7 Å². The number of anilines is 1.